The molecule has 1 unspecified atom stereocenters. The van der Waals surface area contributed by atoms with Crippen LogP contribution in [0.5, 0.6) is 11.5 Å². The molecule has 2 rings (SSSR count). The Labute approximate surface area is 136 Å². The van der Waals surface area contributed by atoms with E-state index in [0.717, 1.165) is 11.1 Å². The van der Waals surface area contributed by atoms with Gasteiger partial charge in [0.25, 0.3) is 0 Å². The molecule has 1 aromatic rings. The summed E-state index contributed by atoms with van der Waals surface area (Å²) in [7, 11) is 3.13. The Morgan fingerprint density at radius 3 is 2.43 bits per heavy atom. The molecule has 0 saturated heterocycles. The molecule has 0 amide bonds. The molecular formula is C18H21NO4. The molecule has 0 N–H and O–H groups in total. The minimum Gasteiger partial charge on any atom is -0.493 e. The number of esters is 1. The summed E-state index contributed by atoms with van der Waals surface area (Å²) < 4.78 is 15.7. The van der Waals surface area contributed by atoms with Crippen molar-refractivity contribution in [2.24, 2.45) is 5.92 Å². The van der Waals surface area contributed by atoms with E-state index in [1.165, 1.54) is 6.08 Å². The van der Waals surface area contributed by atoms with Gasteiger partial charge in [-0.25, -0.2) is 4.79 Å². The van der Waals surface area contributed by atoms with Gasteiger partial charge in [0.15, 0.2) is 11.5 Å². The maximum Gasteiger partial charge on any atom is 0.331 e. The van der Waals surface area contributed by atoms with E-state index in [2.05, 4.69) is 6.07 Å². The van der Waals surface area contributed by atoms with Crippen LogP contribution in [0.3, 0.4) is 0 Å². The van der Waals surface area contributed by atoms with Crippen LogP contribution in [0.25, 0.3) is 5.57 Å². The first-order valence-corrected chi connectivity index (χ1v) is 7.45. The molecule has 1 aliphatic rings. The summed E-state index contributed by atoms with van der Waals surface area (Å²) in [5.74, 6) is 0.281. The number of nitrogens with zero attached hydrogens (tertiary/aromatic N) is 1. The van der Waals surface area contributed by atoms with Crippen LogP contribution in [-0.4, -0.2) is 26.8 Å². The number of hydrogen-bond acceptors (Lipinski definition) is 5. The highest BCUT2D eigenvalue weighted by atomic mass is 16.5. The normalized spacial score (nSPS) is 19.8. The van der Waals surface area contributed by atoms with E-state index in [4.69, 9.17) is 14.2 Å². The van der Waals surface area contributed by atoms with Crippen molar-refractivity contribution in [3.05, 3.63) is 29.3 Å². The van der Waals surface area contributed by atoms with Crippen molar-refractivity contribution < 1.29 is 19.0 Å². The molecule has 5 heteroatoms. The number of nitriles is 1. The number of hydrogen-bond donors (Lipinski definition) is 0. The number of allylic oxidation sites excluding steroid dienone is 1. The predicted molar refractivity (Wildman–Crippen MR) is 86.3 cm³/mol. The lowest BCUT2D eigenvalue weighted by Crippen LogP contribution is -2.22. The summed E-state index contributed by atoms with van der Waals surface area (Å²) in [4.78, 5) is 11.9. The number of carbonyl (C=O) groups excluding carboxylic acids is 1. The van der Waals surface area contributed by atoms with Gasteiger partial charge in [-0.2, -0.15) is 5.26 Å². The fourth-order valence-corrected chi connectivity index (χ4v) is 3.05. The first-order valence-electron chi connectivity index (χ1n) is 7.45. The molecule has 0 aliphatic heterocycles. The third-order valence-electron chi connectivity index (χ3n) is 4.25. The first-order chi connectivity index (χ1) is 10.9. The highest BCUT2D eigenvalue weighted by Gasteiger charge is 2.44. The van der Waals surface area contributed by atoms with Crippen molar-refractivity contribution in [3.8, 4) is 17.6 Å². The Balaban J connectivity index is 2.68. The molecule has 0 bridgehead atoms. The van der Waals surface area contributed by atoms with E-state index in [1.54, 1.807) is 21.1 Å². The van der Waals surface area contributed by atoms with Crippen molar-refractivity contribution in [3.63, 3.8) is 0 Å². The van der Waals surface area contributed by atoms with Gasteiger partial charge in [0, 0.05) is 11.5 Å². The Morgan fingerprint density at radius 1 is 1.30 bits per heavy atom. The lowest BCUT2D eigenvalue weighted by molar-refractivity contribution is -0.137. The molecule has 0 heterocycles. The molecule has 0 aromatic heterocycles. The summed E-state index contributed by atoms with van der Waals surface area (Å²) in [6.45, 7) is 6.01. The third-order valence-corrected chi connectivity index (χ3v) is 4.25. The number of carbonyl (C=O) groups is 1. The van der Waals surface area contributed by atoms with Gasteiger partial charge in [-0.1, -0.05) is 13.8 Å². The second-order valence-electron chi connectivity index (χ2n) is 5.89. The van der Waals surface area contributed by atoms with E-state index in [1.807, 2.05) is 26.0 Å². The summed E-state index contributed by atoms with van der Waals surface area (Å²) in [6, 6.07) is 6.01. The van der Waals surface area contributed by atoms with Crippen LogP contribution in [-0.2, 0) is 14.9 Å². The summed E-state index contributed by atoms with van der Waals surface area (Å²) in [5, 5.41) is 9.63. The lowest BCUT2D eigenvalue weighted by atomic mass is 9.78. The van der Waals surface area contributed by atoms with Crippen LogP contribution in [0.1, 0.15) is 31.9 Å². The standard InChI is InChI=1S/C18H21NO4/c1-6-23-17(20)8-12-11-7-15(21-4)16(22-5)9-13(11)18(2,3)14(12)10-19/h7-9,14H,6H2,1-5H3. The zero-order valence-corrected chi connectivity index (χ0v) is 14.1. The SMILES string of the molecule is CCOC(=O)C=C1c2cc(OC)c(OC)cc2C(C)(C)C1C#N. The van der Waals surface area contributed by atoms with Crippen molar-refractivity contribution in [2.75, 3.05) is 20.8 Å². The van der Waals surface area contributed by atoms with Crippen LogP contribution in [0.2, 0.25) is 0 Å². The van der Waals surface area contributed by atoms with Gasteiger partial charge in [-0.05, 0) is 35.8 Å². The van der Waals surface area contributed by atoms with E-state index >= 15 is 0 Å². The van der Waals surface area contributed by atoms with E-state index in [0.29, 0.717) is 23.7 Å². The van der Waals surface area contributed by atoms with E-state index < -0.39 is 17.3 Å². The number of rotatable bonds is 4. The van der Waals surface area contributed by atoms with Gasteiger partial charge in [0.1, 0.15) is 0 Å². The molecule has 23 heavy (non-hydrogen) atoms. The predicted octanol–water partition coefficient (Wildman–Crippen LogP) is 3.08. The topological polar surface area (TPSA) is 68.6 Å². The molecule has 1 aromatic carbocycles. The van der Waals surface area contributed by atoms with Crippen molar-refractivity contribution >= 4 is 11.5 Å². The van der Waals surface area contributed by atoms with Gasteiger partial charge in [0.05, 0.1) is 32.8 Å². The van der Waals surface area contributed by atoms with Crippen molar-refractivity contribution in [2.45, 2.75) is 26.2 Å². The Hall–Kier alpha value is -2.48. The molecular weight excluding hydrogens is 294 g/mol. The minimum atomic E-state index is -0.446. The smallest absolute Gasteiger partial charge is 0.331 e. The fourth-order valence-electron chi connectivity index (χ4n) is 3.05. The molecule has 122 valence electrons. The second kappa shape index (κ2) is 6.33. The maximum atomic E-state index is 11.9. The van der Waals surface area contributed by atoms with Crippen LogP contribution in [0, 0.1) is 17.2 Å². The highest BCUT2D eigenvalue weighted by Crippen LogP contribution is 2.52. The third kappa shape index (κ3) is 2.77. The molecule has 0 fully saturated rings. The summed E-state index contributed by atoms with van der Waals surface area (Å²) >= 11 is 0. The lowest BCUT2D eigenvalue weighted by Gasteiger charge is -2.23. The maximum absolute atomic E-state index is 11.9. The number of ether oxygens (including phenoxy) is 3. The zero-order valence-electron chi connectivity index (χ0n) is 14.1. The zero-order chi connectivity index (χ0) is 17.2. The number of fused-ring (bicyclic) bond motifs is 1. The molecule has 0 spiro atoms. The Morgan fingerprint density at radius 2 is 1.91 bits per heavy atom. The van der Waals surface area contributed by atoms with E-state index in [9.17, 15) is 10.1 Å². The number of methoxy groups -OCH3 is 2. The van der Waals surface area contributed by atoms with E-state index in [-0.39, 0.29) is 0 Å². The fraction of sp³-hybridized carbons (Fsp3) is 0.444. The average Bonchev–Trinajstić information content (AvgIpc) is 2.72. The molecule has 1 atom stereocenters. The molecule has 0 radical (unpaired) electrons. The van der Waals surface area contributed by atoms with Crippen LogP contribution < -0.4 is 9.47 Å². The molecule has 0 saturated carbocycles. The molecule has 5 nitrogen and oxygen atoms in total. The first kappa shape index (κ1) is 16.9. The largest absolute Gasteiger partial charge is 0.493 e. The van der Waals surface area contributed by atoms with Crippen molar-refractivity contribution in [1.82, 2.24) is 0 Å². The molecule has 1 aliphatic carbocycles. The Bertz CT molecular complexity index is 698. The van der Waals surface area contributed by atoms with Gasteiger partial charge in [-0.15, -0.1) is 0 Å². The summed E-state index contributed by atoms with van der Waals surface area (Å²) in [5.41, 5.74) is 2.00. The second-order valence-corrected chi connectivity index (χ2v) is 5.89. The van der Waals surface area contributed by atoms with Gasteiger partial charge in [-0.3, -0.25) is 0 Å². The Kier molecular flexibility index (Phi) is 4.65. The van der Waals surface area contributed by atoms with Crippen LogP contribution in [0.4, 0.5) is 0 Å². The van der Waals surface area contributed by atoms with Gasteiger partial charge < -0.3 is 14.2 Å². The van der Waals surface area contributed by atoms with Gasteiger partial charge in [0.2, 0.25) is 0 Å². The quantitative estimate of drug-likeness (QED) is 0.631. The van der Waals surface area contributed by atoms with Gasteiger partial charge >= 0.3 is 5.97 Å². The van der Waals surface area contributed by atoms with Crippen LogP contribution in [0.15, 0.2) is 18.2 Å². The number of benzene rings is 1. The monoisotopic (exact) mass is 315 g/mol. The summed E-state index contributed by atoms with van der Waals surface area (Å²) in [6.07, 6.45) is 1.41. The highest BCUT2D eigenvalue weighted by molar-refractivity contribution is 5.95. The van der Waals surface area contributed by atoms with Crippen molar-refractivity contribution in [1.29, 1.82) is 5.26 Å². The average molecular weight is 315 g/mol. The van der Waals surface area contributed by atoms with Crippen LogP contribution >= 0.6 is 0 Å². The minimum absolute atomic E-state index is 0.294.